The largest absolute Gasteiger partial charge is 0.364 e. The van der Waals surface area contributed by atoms with Gasteiger partial charge in [0.15, 0.2) is 16.9 Å². The van der Waals surface area contributed by atoms with E-state index in [0.29, 0.717) is 5.69 Å². The van der Waals surface area contributed by atoms with Gasteiger partial charge >= 0.3 is 5.69 Å². The maximum Gasteiger partial charge on any atom is 0.332 e. The van der Waals surface area contributed by atoms with Crippen molar-refractivity contribution in [3.05, 3.63) is 68.9 Å². The fourth-order valence-electron chi connectivity index (χ4n) is 3.60. The Morgan fingerprint density at radius 2 is 1.82 bits per heavy atom. The second kappa shape index (κ2) is 8.77. The molecule has 4 rings (SSSR count). The third-order valence-corrected chi connectivity index (χ3v) is 5.58. The predicted octanol–water partition coefficient (Wildman–Crippen LogP) is -0.619. The van der Waals surface area contributed by atoms with Gasteiger partial charge in [0.05, 0.1) is 24.3 Å². The summed E-state index contributed by atoms with van der Waals surface area (Å²) in [6, 6.07) is 6.97. The Hall–Kier alpha value is -4.55. The lowest BCUT2D eigenvalue weighted by Crippen LogP contribution is -2.37. The fraction of sp³-hybridized carbons (Fsp3) is 0.286. The lowest BCUT2D eigenvalue weighted by molar-refractivity contribution is -0.121. The summed E-state index contributed by atoms with van der Waals surface area (Å²) in [6.07, 6.45) is 3.01. The number of nitrogens with zero attached hydrogens (tertiary/aromatic N) is 7. The van der Waals surface area contributed by atoms with Gasteiger partial charge in [-0.25, -0.2) is 14.5 Å². The van der Waals surface area contributed by atoms with Crippen LogP contribution in [0.15, 0.2) is 46.4 Å². The van der Waals surface area contributed by atoms with E-state index in [1.807, 2.05) is 19.1 Å². The van der Waals surface area contributed by atoms with E-state index in [4.69, 9.17) is 5.73 Å². The first-order valence-electron chi connectivity index (χ1n) is 10.4. The molecule has 1 atom stereocenters. The second-order valence-corrected chi connectivity index (χ2v) is 7.86. The SMILES string of the molecule is C[C@@H](NC(=O)CCn1cnc2c1c(=O)n(C)c(=O)n2C)c1ccc(-n2cc(C(N)=O)nn2)cc1. The molecular formula is C21H23N9O4. The van der Waals surface area contributed by atoms with Crippen molar-refractivity contribution in [2.24, 2.45) is 19.8 Å². The van der Waals surface area contributed by atoms with Crippen molar-refractivity contribution in [3.63, 3.8) is 0 Å². The zero-order valence-electron chi connectivity index (χ0n) is 18.8. The number of hydrogen-bond acceptors (Lipinski definition) is 7. The van der Waals surface area contributed by atoms with Gasteiger partial charge in [0.1, 0.15) is 0 Å². The summed E-state index contributed by atoms with van der Waals surface area (Å²) in [5, 5.41) is 10.5. The highest BCUT2D eigenvalue weighted by Crippen LogP contribution is 2.16. The third-order valence-electron chi connectivity index (χ3n) is 5.58. The van der Waals surface area contributed by atoms with Gasteiger partial charge in [0.25, 0.3) is 11.5 Å². The number of aromatic nitrogens is 7. The summed E-state index contributed by atoms with van der Waals surface area (Å²) < 4.78 is 5.32. The highest BCUT2D eigenvalue weighted by atomic mass is 16.2. The molecule has 3 N–H and O–H groups in total. The molecule has 2 amide bonds. The van der Waals surface area contributed by atoms with Crippen molar-refractivity contribution < 1.29 is 9.59 Å². The van der Waals surface area contributed by atoms with Crippen LogP contribution in [0.3, 0.4) is 0 Å². The lowest BCUT2D eigenvalue weighted by atomic mass is 10.1. The van der Waals surface area contributed by atoms with E-state index >= 15 is 0 Å². The number of aryl methyl sites for hydroxylation is 2. The van der Waals surface area contributed by atoms with E-state index in [1.54, 1.807) is 23.7 Å². The van der Waals surface area contributed by atoms with E-state index in [2.05, 4.69) is 20.6 Å². The van der Waals surface area contributed by atoms with Gasteiger partial charge in [-0.2, -0.15) is 0 Å². The Kier molecular flexibility index (Phi) is 5.84. The predicted molar refractivity (Wildman–Crippen MR) is 121 cm³/mol. The number of rotatable bonds is 7. The third kappa shape index (κ3) is 4.10. The minimum absolute atomic E-state index is 0.0652. The number of nitrogens with one attached hydrogen (secondary N) is 1. The lowest BCUT2D eigenvalue weighted by Gasteiger charge is -2.15. The number of benzene rings is 1. The number of carbonyl (C=O) groups is 2. The van der Waals surface area contributed by atoms with E-state index in [1.165, 1.54) is 28.8 Å². The molecule has 1 aromatic carbocycles. The molecule has 34 heavy (non-hydrogen) atoms. The van der Waals surface area contributed by atoms with Crippen molar-refractivity contribution >= 4 is 23.0 Å². The second-order valence-electron chi connectivity index (χ2n) is 7.86. The maximum atomic E-state index is 12.5. The van der Waals surface area contributed by atoms with E-state index < -0.39 is 17.2 Å². The summed E-state index contributed by atoms with van der Waals surface area (Å²) in [5.41, 5.74) is 6.44. The average Bonchev–Trinajstić information content (AvgIpc) is 3.48. The standard InChI is InChI=1S/C21H23N9O4/c1-12(13-4-6-14(7-5-13)30-10-15(18(22)32)25-26-30)24-16(31)8-9-29-11-23-19-17(29)20(33)28(3)21(34)27(19)2/h4-7,10-12H,8-9H2,1-3H3,(H2,22,32)(H,24,31)/t12-/m1/s1. The molecule has 3 heterocycles. The van der Waals surface area contributed by atoms with Crippen molar-refractivity contribution in [3.8, 4) is 5.69 Å². The molecule has 0 saturated carbocycles. The molecule has 0 spiro atoms. The quantitative estimate of drug-likeness (QED) is 0.367. The molecule has 0 bridgehead atoms. The summed E-state index contributed by atoms with van der Waals surface area (Å²) in [6.45, 7) is 2.08. The van der Waals surface area contributed by atoms with Crippen LogP contribution in [0.5, 0.6) is 0 Å². The topological polar surface area (TPSA) is 165 Å². The minimum atomic E-state index is -0.660. The Morgan fingerprint density at radius 3 is 2.47 bits per heavy atom. The van der Waals surface area contributed by atoms with Crippen LogP contribution in [0.2, 0.25) is 0 Å². The molecule has 3 aromatic heterocycles. The number of primary amides is 1. The first kappa shape index (κ1) is 22.6. The van der Waals surface area contributed by atoms with Gasteiger partial charge in [0.2, 0.25) is 5.91 Å². The van der Waals surface area contributed by atoms with Crippen molar-refractivity contribution in [1.82, 2.24) is 39.0 Å². The van der Waals surface area contributed by atoms with Crippen LogP contribution >= 0.6 is 0 Å². The van der Waals surface area contributed by atoms with Crippen LogP contribution in [0, 0.1) is 0 Å². The first-order valence-corrected chi connectivity index (χ1v) is 10.4. The molecule has 0 fully saturated rings. The molecule has 4 aromatic rings. The van der Waals surface area contributed by atoms with Gasteiger partial charge in [-0.1, -0.05) is 17.3 Å². The minimum Gasteiger partial charge on any atom is -0.364 e. The summed E-state index contributed by atoms with van der Waals surface area (Å²) in [5.74, 6) is -0.866. The van der Waals surface area contributed by atoms with Gasteiger partial charge in [-0.15, -0.1) is 5.10 Å². The number of fused-ring (bicyclic) bond motifs is 1. The van der Waals surface area contributed by atoms with Gasteiger partial charge in [-0.05, 0) is 24.6 Å². The average molecular weight is 465 g/mol. The highest BCUT2D eigenvalue weighted by molar-refractivity contribution is 5.90. The van der Waals surface area contributed by atoms with Gasteiger partial charge < -0.3 is 15.6 Å². The first-order chi connectivity index (χ1) is 16.2. The monoisotopic (exact) mass is 465 g/mol. The Morgan fingerprint density at radius 1 is 1.12 bits per heavy atom. The molecule has 176 valence electrons. The maximum absolute atomic E-state index is 12.5. The number of amides is 2. The molecule has 0 aliphatic rings. The molecule has 13 nitrogen and oxygen atoms in total. The number of carbonyl (C=O) groups excluding carboxylic acids is 2. The smallest absolute Gasteiger partial charge is 0.332 e. The Balaban J connectivity index is 1.41. The van der Waals surface area contributed by atoms with Crippen LogP contribution in [0.4, 0.5) is 0 Å². The highest BCUT2D eigenvalue weighted by Gasteiger charge is 2.16. The van der Waals surface area contributed by atoms with Gasteiger partial charge in [0, 0.05) is 27.1 Å². The molecule has 0 aliphatic carbocycles. The number of hydrogen-bond donors (Lipinski definition) is 2. The Labute approximate surface area is 192 Å². The number of imidazole rings is 1. The molecular weight excluding hydrogens is 442 g/mol. The van der Waals surface area contributed by atoms with Crippen LogP contribution in [0.1, 0.15) is 35.4 Å². The van der Waals surface area contributed by atoms with E-state index in [-0.39, 0.29) is 41.8 Å². The van der Waals surface area contributed by atoms with E-state index in [0.717, 1.165) is 10.1 Å². The van der Waals surface area contributed by atoms with Crippen LogP contribution < -0.4 is 22.3 Å². The molecule has 0 aliphatic heterocycles. The van der Waals surface area contributed by atoms with Crippen LogP contribution in [0.25, 0.3) is 16.9 Å². The molecule has 0 unspecified atom stereocenters. The zero-order chi connectivity index (χ0) is 24.6. The Bertz CT molecular complexity index is 1510. The van der Waals surface area contributed by atoms with Crippen molar-refractivity contribution in [1.29, 1.82) is 0 Å². The molecule has 0 radical (unpaired) electrons. The summed E-state index contributed by atoms with van der Waals surface area (Å²) >= 11 is 0. The number of nitrogens with two attached hydrogens (primary N) is 1. The van der Waals surface area contributed by atoms with E-state index in [9.17, 15) is 19.2 Å². The van der Waals surface area contributed by atoms with Crippen LogP contribution in [-0.2, 0) is 25.4 Å². The van der Waals surface area contributed by atoms with Gasteiger partial charge in [-0.3, -0.25) is 23.5 Å². The van der Waals surface area contributed by atoms with Crippen LogP contribution in [-0.4, -0.2) is 45.5 Å². The normalized spacial score (nSPS) is 12.1. The molecule has 0 saturated heterocycles. The van der Waals surface area contributed by atoms with Crippen molar-refractivity contribution in [2.45, 2.75) is 25.9 Å². The summed E-state index contributed by atoms with van der Waals surface area (Å²) in [4.78, 5) is 52.4. The summed E-state index contributed by atoms with van der Waals surface area (Å²) in [7, 11) is 2.95. The fourth-order valence-corrected chi connectivity index (χ4v) is 3.60. The zero-order valence-corrected chi connectivity index (χ0v) is 18.8. The van der Waals surface area contributed by atoms with Crippen molar-refractivity contribution in [2.75, 3.05) is 0 Å². The molecule has 13 heteroatoms.